The smallest absolute Gasteiger partial charge is 0.314 e. The maximum absolute atomic E-state index is 14.0. The highest BCUT2D eigenvalue weighted by atomic mass is 35.5. The third-order valence-electron chi connectivity index (χ3n) is 4.75. The summed E-state index contributed by atoms with van der Waals surface area (Å²) in [4.78, 5) is 18.4. The summed E-state index contributed by atoms with van der Waals surface area (Å²) in [6.07, 6.45) is 2.04. The Morgan fingerprint density at radius 1 is 1.20 bits per heavy atom. The van der Waals surface area contributed by atoms with E-state index < -0.39 is 17.8 Å². The molecule has 2 amide bonds. The van der Waals surface area contributed by atoms with Crippen LogP contribution in [0.25, 0.3) is 0 Å². The molecule has 0 aliphatic carbocycles. The molecule has 0 spiro atoms. The summed E-state index contributed by atoms with van der Waals surface area (Å²) in [5, 5.41) is 2.80. The number of hydrogen-bond acceptors (Lipinski definition) is 2. The van der Waals surface area contributed by atoms with Crippen LogP contribution >= 0.6 is 23.2 Å². The summed E-state index contributed by atoms with van der Waals surface area (Å²) in [5.74, 6) is -1.18. The second kappa shape index (κ2) is 6.11. The molecule has 2 bridgehead atoms. The van der Waals surface area contributed by atoms with Crippen LogP contribution in [0.5, 0.6) is 0 Å². The molecule has 25 heavy (non-hydrogen) atoms. The van der Waals surface area contributed by atoms with Crippen molar-refractivity contribution >= 4 is 34.9 Å². The number of nitrogens with zero attached hydrogens (tertiary/aromatic N) is 2. The van der Waals surface area contributed by atoms with Crippen molar-refractivity contribution in [1.82, 2.24) is 9.88 Å². The summed E-state index contributed by atoms with van der Waals surface area (Å²) < 4.78 is 27.4. The van der Waals surface area contributed by atoms with Crippen molar-refractivity contribution in [3.63, 3.8) is 0 Å². The van der Waals surface area contributed by atoms with E-state index in [2.05, 4.69) is 10.3 Å². The Balaban J connectivity index is 1.62. The minimum atomic E-state index is -0.656. The second-order valence-electron chi connectivity index (χ2n) is 6.20. The summed E-state index contributed by atoms with van der Waals surface area (Å²) in [7, 11) is 0. The van der Waals surface area contributed by atoms with Gasteiger partial charge in [0.2, 0.25) is 5.95 Å². The van der Waals surface area contributed by atoms with E-state index in [0.717, 1.165) is 24.5 Å². The van der Waals surface area contributed by atoms with Crippen molar-refractivity contribution < 1.29 is 13.6 Å². The molecule has 8 heteroatoms. The van der Waals surface area contributed by atoms with E-state index in [-0.39, 0.29) is 27.8 Å². The highest BCUT2D eigenvalue weighted by molar-refractivity contribution is 6.42. The third-order valence-corrected chi connectivity index (χ3v) is 5.47. The van der Waals surface area contributed by atoms with Crippen LogP contribution in [0.3, 0.4) is 0 Å². The first kappa shape index (κ1) is 16.5. The molecule has 0 saturated carbocycles. The molecule has 0 radical (unpaired) electrons. The highest BCUT2D eigenvalue weighted by Crippen LogP contribution is 2.43. The Bertz CT molecular complexity index is 877. The molecule has 1 fully saturated rings. The van der Waals surface area contributed by atoms with Crippen LogP contribution in [-0.2, 0) is 6.42 Å². The average Bonchev–Trinajstić information content (AvgIpc) is 2.88. The molecule has 130 valence electrons. The third kappa shape index (κ3) is 2.83. The Labute approximate surface area is 152 Å². The molecule has 1 saturated heterocycles. The first-order chi connectivity index (χ1) is 11.9. The van der Waals surface area contributed by atoms with Gasteiger partial charge < -0.3 is 10.2 Å². The van der Waals surface area contributed by atoms with E-state index >= 15 is 0 Å². The van der Waals surface area contributed by atoms with Gasteiger partial charge in [0.15, 0.2) is 0 Å². The van der Waals surface area contributed by atoms with Crippen molar-refractivity contribution in [3.8, 4) is 0 Å². The number of amides is 2. The monoisotopic (exact) mass is 383 g/mol. The van der Waals surface area contributed by atoms with E-state index in [9.17, 15) is 13.6 Å². The van der Waals surface area contributed by atoms with Crippen LogP contribution in [0, 0.1) is 11.8 Å². The number of benzene rings is 1. The molecular formula is C17H13Cl2F2N3O. The molecule has 3 heterocycles. The number of carbonyl (C=O) groups excluding carboxylic acids is 1. The predicted molar refractivity (Wildman–Crippen MR) is 90.9 cm³/mol. The molecule has 4 nitrogen and oxygen atoms in total. The number of nitrogens with one attached hydrogen (secondary N) is 1. The fourth-order valence-electron chi connectivity index (χ4n) is 3.67. The van der Waals surface area contributed by atoms with Gasteiger partial charge >= 0.3 is 6.03 Å². The average molecular weight is 384 g/mol. The molecule has 2 aliphatic rings. The fraction of sp³-hybridized carbons (Fsp3) is 0.294. The lowest BCUT2D eigenvalue weighted by Gasteiger charge is -2.35. The number of fused-ring (bicyclic) bond motifs is 4. The fourth-order valence-corrected chi connectivity index (χ4v) is 3.98. The summed E-state index contributed by atoms with van der Waals surface area (Å²) in [6.45, 7) is 0. The minimum Gasteiger partial charge on any atom is -0.314 e. The standard InChI is InChI=1S/C17H13Cl2F2N3O/c18-10-6-12(20)14(7-11(10)19)23-17(25)24-8-1-3-15(24)9-2-4-16(21)22-13(9)5-8/h2,4,6-8,15H,1,3,5H2,(H,23,25)/t8-,15+/m1/s1. The lowest BCUT2D eigenvalue weighted by molar-refractivity contribution is 0.178. The van der Waals surface area contributed by atoms with Gasteiger partial charge in [0.1, 0.15) is 5.82 Å². The summed E-state index contributed by atoms with van der Waals surface area (Å²) >= 11 is 11.7. The quantitative estimate of drug-likeness (QED) is 0.558. The number of rotatable bonds is 1. The first-order valence-corrected chi connectivity index (χ1v) is 8.59. The van der Waals surface area contributed by atoms with Crippen molar-refractivity contribution in [1.29, 1.82) is 0 Å². The first-order valence-electron chi connectivity index (χ1n) is 7.83. The van der Waals surface area contributed by atoms with E-state index in [1.165, 1.54) is 12.1 Å². The van der Waals surface area contributed by atoms with Gasteiger partial charge in [-0.15, -0.1) is 0 Å². The van der Waals surface area contributed by atoms with Crippen molar-refractivity contribution in [2.75, 3.05) is 5.32 Å². The molecule has 1 N–H and O–H groups in total. The van der Waals surface area contributed by atoms with E-state index in [4.69, 9.17) is 23.2 Å². The molecule has 2 aromatic rings. The SMILES string of the molecule is O=C(Nc1cc(Cl)c(Cl)cc1F)N1[C@@H]2CC[C@H]1c1ccc(F)nc1C2. The molecule has 1 aromatic carbocycles. The summed E-state index contributed by atoms with van der Waals surface area (Å²) in [6, 6.07) is 4.63. The van der Waals surface area contributed by atoms with Crippen molar-refractivity contribution in [3.05, 3.63) is 57.3 Å². The van der Waals surface area contributed by atoms with Gasteiger partial charge in [-0.05, 0) is 36.6 Å². The number of anilines is 1. The van der Waals surface area contributed by atoms with Crippen LogP contribution < -0.4 is 5.32 Å². The van der Waals surface area contributed by atoms with Crippen LogP contribution in [0.1, 0.15) is 30.1 Å². The van der Waals surface area contributed by atoms with E-state index in [1.54, 1.807) is 11.0 Å². The minimum absolute atomic E-state index is 0.0261. The molecule has 1 aromatic heterocycles. The summed E-state index contributed by atoms with van der Waals surface area (Å²) in [5.41, 5.74) is 1.51. The van der Waals surface area contributed by atoms with E-state index in [0.29, 0.717) is 12.1 Å². The molecule has 0 unspecified atom stereocenters. The van der Waals surface area contributed by atoms with Crippen molar-refractivity contribution in [2.24, 2.45) is 0 Å². The van der Waals surface area contributed by atoms with Gasteiger partial charge in [-0.2, -0.15) is 4.39 Å². The maximum Gasteiger partial charge on any atom is 0.322 e. The van der Waals surface area contributed by atoms with Gasteiger partial charge in [0, 0.05) is 12.5 Å². The largest absolute Gasteiger partial charge is 0.322 e. The zero-order valence-corrected chi connectivity index (χ0v) is 14.4. The number of carbonyl (C=O) groups is 1. The zero-order chi connectivity index (χ0) is 17.7. The van der Waals surface area contributed by atoms with Crippen LogP contribution in [0.4, 0.5) is 19.3 Å². The van der Waals surface area contributed by atoms with Gasteiger partial charge in [-0.25, -0.2) is 14.2 Å². The molecule has 2 aliphatic heterocycles. The van der Waals surface area contributed by atoms with Crippen LogP contribution in [0.2, 0.25) is 10.0 Å². The Morgan fingerprint density at radius 2 is 1.96 bits per heavy atom. The van der Waals surface area contributed by atoms with Gasteiger partial charge in [-0.1, -0.05) is 29.3 Å². The van der Waals surface area contributed by atoms with Gasteiger partial charge in [-0.3, -0.25) is 0 Å². The van der Waals surface area contributed by atoms with Crippen LogP contribution in [0.15, 0.2) is 24.3 Å². The lowest BCUT2D eigenvalue weighted by atomic mass is 9.98. The topological polar surface area (TPSA) is 45.2 Å². The van der Waals surface area contributed by atoms with E-state index in [1.807, 2.05) is 0 Å². The van der Waals surface area contributed by atoms with Gasteiger partial charge in [0.05, 0.1) is 27.5 Å². The molecule has 2 atom stereocenters. The Morgan fingerprint density at radius 3 is 2.76 bits per heavy atom. The number of aromatic nitrogens is 1. The Kier molecular flexibility index (Phi) is 4.04. The van der Waals surface area contributed by atoms with Gasteiger partial charge in [0.25, 0.3) is 0 Å². The van der Waals surface area contributed by atoms with Crippen molar-refractivity contribution in [2.45, 2.75) is 31.3 Å². The normalized spacial score (nSPS) is 21.2. The number of pyridine rings is 1. The molecular weight excluding hydrogens is 371 g/mol. The highest BCUT2D eigenvalue weighted by Gasteiger charge is 2.43. The second-order valence-corrected chi connectivity index (χ2v) is 7.02. The van der Waals surface area contributed by atoms with Crippen LogP contribution in [-0.4, -0.2) is 22.0 Å². The predicted octanol–water partition coefficient (Wildman–Crippen LogP) is 4.96. The number of hydrogen-bond donors (Lipinski definition) is 1. The maximum atomic E-state index is 14.0. The number of halogens is 4. The zero-order valence-electron chi connectivity index (χ0n) is 12.9. The Hall–Kier alpha value is -1.92. The number of urea groups is 1. The lowest BCUT2D eigenvalue weighted by Crippen LogP contribution is -2.44. The molecule has 4 rings (SSSR count).